The van der Waals surface area contributed by atoms with Gasteiger partial charge in [0.1, 0.15) is 13.2 Å². The summed E-state index contributed by atoms with van der Waals surface area (Å²) in [5.74, 6) is -0.527. The lowest BCUT2D eigenvalue weighted by Crippen LogP contribution is -2.42. The van der Waals surface area contributed by atoms with Crippen LogP contribution in [0.3, 0.4) is 0 Å². The average molecular weight is 471 g/mol. The average Bonchev–Trinajstić information content (AvgIpc) is 3.14. The molecule has 0 spiro atoms. The lowest BCUT2D eigenvalue weighted by molar-refractivity contribution is -0.144. The first-order chi connectivity index (χ1) is 15.9. The predicted octanol–water partition coefficient (Wildman–Crippen LogP) is 3.97. The van der Waals surface area contributed by atoms with E-state index in [1.165, 1.54) is 27.8 Å². The summed E-state index contributed by atoms with van der Waals surface area (Å²) in [6.45, 7) is 4.07. The van der Waals surface area contributed by atoms with E-state index in [0.717, 1.165) is 11.1 Å². The van der Waals surface area contributed by atoms with Crippen molar-refractivity contribution in [2.75, 3.05) is 31.2 Å². The van der Waals surface area contributed by atoms with E-state index in [2.05, 4.69) is 29.6 Å². The third kappa shape index (κ3) is 6.28. The fourth-order valence-electron chi connectivity index (χ4n) is 3.97. The van der Waals surface area contributed by atoms with Crippen LogP contribution >= 0.6 is 11.8 Å². The molecule has 0 saturated heterocycles. The zero-order chi connectivity index (χ0) is 23.8. The number of carbonyl (C=O) groups is 3. The number of benzene rings is 2. The van der Waals surface area contributed by atoms with Crippen molar-refractivity contribution in [2.45, 2.75) is 32.2 Å². The number of carbonyl (C=O) groups excluding carboxylic acids is 2. The SMILES string of the molecule is CCC(C)N(CC(=O)O)C(=O)CSCCNC(=O)OCC1c2ccccc2-c2ccccc21. The van der Waals surface area contributed by atoms with Crippen LogP contribution in [0.1, 0.15) is 37.3 Å². The second kappa shape index (κ2) is 11.7. The number of hydrogen-bond donors (Lipinski definition) is 2. The maximum absolute atomic E-state index is 12.4. The largest absolute Gasteiger partial charge is 0.480 e. The van der Waals surface area contributed by atoms with E-state index >= 15 is 0 Å². The fourth-order valence-corrected chi connectivity index (χ4v) is 4.70. The van der Waals surface area contributed by atoms with Gasteiger partial charge in [0, 0.05) is 24.3 Å². The number of alkyl carbamates (subject to hydrolysis) is 1. The van der Waals surface area contributed by atoms with E-state index in [-0.39, 0.29) is 36.8 Å². The van der Waals surface area contributed by atoms with Gasteiger partial charge in [0.05, 0.1) is 5.75 Å². The Morgan fingerprint density at radius 2 is 1.70 bits per heavy atom. The number of hydrogen-bond acceptors (Lipinski definition) is 5. The first-order valence-electron chi connectivity index (χ1n) is 11.1. The third-order valence-corrected chi connectivity index (χ3v) is 6.78. The number of amides is 2. The van der Waals surface area contributed by atoms with Crippen LogP contribution in [0.5, 0.6) is 0 Å². The first-order valence-corrected chi connectivity index (χ1v) is 12.3. The van der Waals surface area contributed by atoms with Gasteiger partial charge in [-0.05, 0) is 35.6 Å². The number of aliphatic carboxylic acids is 1. The molecule has 3 rings (SSSR count). The Balaban J connectivity index is 1.41. The summed E-state index contributed by atoms with van der Waals surface area (Å²) in [4.78, 5) is 37.0. The number of carboxylic acid groups (broad SMARTS) is 1. The Kier molecular flexibility index (Phi) is 8.77. The van der Waals surface area contributed by atoms with Gasteiger partial charge in [0.15, 0.2) is 0 Å². The molecule has 0 saturated carbocycles. The van der Waals surface area contributed by atoms with Gasteiger partial charge in [0.25, 0.3) is 0 Å². The lowest BCUT2D eigenvalue weighted by atomic mass is 9.98. The van der Waals surface area contributed by atoms with E-state index in [1.54, 1.807) is 0 Å². The van der Waals surface area contributed by atoms with Crippen LogP contribution in [0.4, 0.5) is 4.79 Å². The van der Waals surface area contributed by atoms with Crippen molar-refractivity contribution in [1.82, 2.24) is 10.2 Å². The zero-order valence-corrected chi connectivity index (χ0v) is 19.8. The second-order valence-corrected chi connectivity index (χ2v) is 9.08. The molecular formula is C25H30N2O5S. The highest BCUT2D eigenvalue weighted by atomic mass is 32.2. The van der Waals surface area contributed by atoms with Gasteiger partial charge in [-0.1, -0.05) is 55.5 Å². The third-order valence-electron chi connectivity index (χ3n) is 5.83. The highest BCUT2D eigenvalue weighted by Crippen LogP contribution is 2.44. The van der Waals surface area contributed by atoms with Crippen LogP contribution in [0.15, 0.2) is 48.5 Å². The molecule has 0 fully saturated rings. The van der Waals surface area contributed by atoms with Crippen molar-refractivity contribution in [3.8, 4) is 11.1 Å². The van der Waals surface area contributed by atoms with Gasteiger partial charge in [-0.15, -0.1) is 0 Å². The molecule has 176 valence electrons. The predicted molar refractivity (Wildman–Crippen MR) is 129 cm³/mol. The molecule has 2 amide bonds. The van der Waals surface area contributed by atoms with E-state index < -0.39 is 12.1 Å². The van der Waals surface area contributed by atoms with Crippen molar-refractivity contribution in [3.05, 3.63) is 59.7 Å². The van der Waals surface area contributed by atoms with Crippen molar-refractivity contribution < 1.29 is 24.2 Å². The van der Waals surface area contributed by atoms with Crippen LogP contribution in [0.25, 0.3) is 11.1 Å². The van der Waals surface area contributed by atoms with Crippen molar-refractivity contribution in [1.29, 1.82) is 0 Å². The molecule has 2 N–H and O–H groups in total. The van der Waals surface area contributed by atoms with Gasteiger partial charge in [-0.25, -0.2) is 4.79 Å². The van der Waals surface area contributed by atoms with Gasteiger partial charge < -0.3 is 20.1 Å². The Morgan fingerprint density at radius 3 is 2.27 bits per heavy atom. The lowest BCUT2D eigenvalue weighted by Gasteiger charge is -2.26. The number of rotatable bonds is 11. The fraction of sp³-hybridized carbons (Fsp3) is 0.400. The zero-order valence-electron chi connectivity index (χ0n) is 19.0. The molecule has 33 heavy (non-hydrogen) atoms. The summed E-state index contributed by atoms with van der Waals surface area (Å²) < 4.78 is 5.50. The van der Waals surface area contributed by atoms with Gasteiger partial charge in [0.2, 0.25) is 5.91 Å². The highest BCUT2D eigenvalue weighted by molar-refractivity contribution is 7.99. The number of carboxylic acids is 1. The molecule has 1 aliphatic carbocycles. The molecule has 0 radical (unpaired) electrons. The van der Waals surface area contributed by atoms with Crippen LogP contribution in [-0.4, -0.2) is 65.2 Å². The minimum Gasteiger partial charge on any atom is -0.480 e. The summed E-state index contributed by atoms with van der Waals surface area (Å²) >= 11 is 1.36. The Hall–Kier alpha value is -3.00. The molecule has 8 heteroatoms. The van der Waals surface area contributed by atoms with Crippen LogP contribution in [-0.2, 0) is 14.3 Å². The highest BCUT2D eigenvalue weighted by Gasteiger charge is 2.29. The first kappa shape index (κ1) is 24.6. The standard InChI is InChI=1S/C25H30N2O5S/c1-3-17(2)27(14-24(29)30)23(28)16-33-13-12-26-25(31)32-15-22-20-10-6-4-8-18(20)19-9-5-7-11-21(19)22/h4-11,17,22H,3,12-16H2,1-2H3,(H,26,31)(H,29,30). The van der Waals surface area contributed by atoms with Gasteiger partial charge >= 0.3 is 12.1 Å². The molecule has 0 heterocycles. The van der Waals surface area contributed by atoms with E-state index in [1.807, 2.05) is 38.1 Å². The van der Waals surface area contributed by atoms with Gasteiger partial charge in [-0.2, -0.15) is 11.8 Å². The molecule has 1 aliphatic rings. The number of thioether (sulfide) groups is 1. The minimum absolute atomic E-state index is 0.0101. The van der Waals surface area contributed by atoms with E-state index in [9.17, 15) is 14.4 Å². The van der Waals surface area contributed by atoms with Crippen molar-refractivity contribution in [3.63, 3.8) is 0 Å². The number of fused-ring (bicyclic) bond motifs is 3. The monoisotopic (exact) mass is 470 g/mol. The van der Waals surface area contributed by atoms with Gasteiger partial charge in [-0.3, -0.25) is 9.59 Å². The van der Waals surface area contributed by atoms with Crippen molar-refractivity contribution >= 4 is 29.7 Å². The van der Waals surface area contributed by atoms with Crippen LogP contribution in [0, 0.1) is 0 Å². The van der Waals surface area contributed by atoms with E-state index in [0.29, 0.717) is 18.7 Å². The Labute approximate surface area is 198 Å². The normalized spacial score (nSPS) is 13.0. The number of nitrogens with one attached hydrogen (secondary N) is 1. The molecule has 2 aromatic rings. The topological polar surface area (TPSA) is 95.9 Å². The van der Waals surface area contributed by atoms with Crippen molar-refractivity contribution in [2.24, 2.45) is 0 Å². The summed E-state index contributed by atoms with van der Waals surface area (Å²) in [6, 6.07) is 16.2. The second-order valence-electron chi connectivity index (χ2n) is 7.98. The molecule has 1 atom stereocenters. The summed E-state index contributed by atoms with van der Waals surface area (Å²) in [7, 11) is 0. The summed E-state index contributed by atoms with van der Waals surface area (Å²) in [6.07, 6.45) is 0.198. The molecule has 0 bridgehead atoms. The number of nitrogens with zero attached hydrogens (tertiary/aromatic N) is 1. The molecular weight excluding hydrogens is 440 g/mol. The molecule has 0 aromatic heterocycles. The molecule has 2 aromatic carbocycles. The molecule has 7 nitrogen and oxygen atoms in total. The maximum Gasteiger partial charge on any atom is 0.407 e. The van der Waals surface area contributed by atoms with Crippen LogP contribution in [0.2, 0.25) is 0 Å². The summed E-state index contributed by atoms with van der Waals surface area (Å²) in [5, 5.41) is 11.7. The quantitative estimate of drug-likeness (QED) is 0.483. The maximum atomic E-state index is 12.4. The molecule has 0 aliphatic heterocycles. The smallest absolute Gasteiger partial charge is 0.407 e. The van der Waals surface area contributed by atoms with E-state index in [4.69, 9.17) is 9.84 Å². The Morgan fingerprint density at radius 1 is 1.09 bits per heavy atom. The Bertz CT molecular complexity index is 951. The minimum atomic E-state index is -1.02. The van der Waals surface area contributed by atoms with Crippen LogP contribution < -0.4 is 5.32 Å². The number of ether oxygens (including phenoxy) is 1. The molecule has 1 unspecified atom stereocenters. The summed E-state index contributed by atoms with van der Waals surface area (Å²) in [5.41, 5.74) is 4.68.